The van der Waals surface area contributed by atoms with E-state index in [4.69, 9.17) is 28.9 Å². The molecule has 1 heterocycles. The summed E-state index contributed by atoms with van der Waals surface area (Å²) in [6.07, 6.45) is -3.75. The van der Waals surface area contributed by atoms with Gasteiger partial charge >= 0.3 is 6.18 Å². The van der Waals surface area contributed by atoms with Crippen molar-refractivity contribution in [3.05, 3.63) is 33.4 Å². The number of hydrogen-bond acceptors (Lipinski definition) is 4. The van der Waals surface area contributed by atoms with Crippen molar-refractivity contribution in [1.29, 1.82) is 5.26 Å². The van der Waals surface area contributed by atoms with Crippen LogP contribution in [0.5, 0.6) is 0 Å². The minimum atomic E-state index is -4.59. The number of nitrogens with zero attached hydrogens (tertiary/aromatic N) is 3. The maximum absolute atomic E-state index is 12.9. The number of benzene rings is 1. The van der Waals surface area contributed by atoms with E-state index in [1.165, 1.54) is 11.8 Å². The lowest BCUT2D eigenvalue weighted by atomic mass is 10.2. The highest BCUT2D eigenvalue weighted by atomic mass is 35.5. The molecule has 0 fully saturated rings. The van der Waals surface area contributed by atoms with E-state index < -0.39 is 11.7 Å². The fourth-order valence-corrected chi connectivity index (χ4v) is 3.61. The molecule has 0 amide bonds. The largest absolute Gasteiger partial charge is 0.416 e. The summed E-state index contributed by atoms with van der Waals surface area (Å²) in [6, 6.07) is 3.43. The first-order chi connectivity index (χ1) is 11.6. The predicted molar refractivity (Wildman–Crippen MR) is 93.3 cm³/mol. The van der Waals surface area contributed by atoms with Gasteiger partial charge in [-0.1, -0.05) is 37.0 Å². The zero-order chi connectivity index (χ0) is 18.9. The molecule has 134 valence electrons. The van der Waals surface area contributed by atoms with Crippen LogP contribution in [0.2, 0.25) is 10.0 Å². The van der Waals surface area contributed by atoms with Crippen molar-refractivity contribution in [2.45, 2.75) is 36.6 Å². The molecule has 2 N–H and O–H groups in total. The summed E-state index contributed by atoms with van der Waals surface area (Å²) in [7, 11) is 0. The van der Waals surface area contributed by atoms with Crippen molar-refractivity contribution in [3.8, 4) is 11.8 Å². The van der Waals surface area contributed by atoms with Gasteiger partial charge in [-0.05, 0) is 18.6 Å². The zero-order valence-corrected chi connectivity index (χ0v) is 15.5. The summed E-state index contributed by atoms with van der Waals surface area (Å²) < 4.78 is 39.7. The number of nitrogens with two attached hydrogens (primary N) is 1. The summed E-state index contributed by atoms with van der Waals surface area (Å²) in [5, 5.41) is 13.0. The molecule has 1 atom stereocenters. The monoisotopic (exact) mass is 408 g/mol. The Hall–Kier alpha value is -1.56. The SMILES string of the molecule is CCC(C)Sc1c(C#N)nn(-c2c(Cl)cc(C(F)(F)F)cc2Cl)c1N. The fraction of sp³-hybridized carbons (Fsp3) is 0.333. The van der Waals surface area contributed by atoms with Crippen LogP contribution in [0.3, 0.4) is 0 Å². The molecule has 0 radical (unpaired) electrons. The lowest BCUT2D eigenvalue weighted by Gasteiger charge is -2.13. The van der Waals surface area contributed by atoms with Crippen LogP contribution in [0.25, 0.3) is 5.69 Å². The van der Waals surface area contributed by atoms with E-state index in [0.717, 1.165) is 23.2 Å². The molecule has 1 aromatic carbocycles. The van der Waals surface area contributed by atoms with E-state index in [9.17, 15) is 18.4 Å². The molecule has 2 rings (SSSR count). The molecule has 1 unspecified atom stereocenters. The highest BCUT2D eigenvalue weighted by molar-refractivity contribution is 8.00. The molecular weight excluding hydrogens is 396 g/mol. The lowest BCUT2D eigenvalue weighted by Crippen LogP contribution is -2.08. The van der Waals surface area contributed by atoms with Gasteiger partial charge in [0.25, 0.3) is 0 Å². The Morgan fingerprint density at radius 1 is 1.36 bits per heavy atom. The molecule has 0 saturated carbocycles. The zero-order valence-electron chi connectivity index (χ0n) is 13.2. The number of alkyl halides is 3. The molecule has 0 aliphatic carbocycles. The Kier molecular flexibility index (Phi) is 5.82. The molecule has 0 spiro atoms. The second kappa shape index (κ2) is 7.36. The van der Waals surface area contributed by atoms with Gasteiger partial charge in [0, 0.05) is 5.25 Å². The summed E-state index contributed by atoms with van der Waals surface area (Å²) >= 11 is 13.3. The maximum atomic E-state index is 12.9. The van der Waals surface area contributed by atoms with E-state index >= 15 is 0 Å². The van der Waals surface area contributed by atoms with Crippen LogP contribution >= 0.6 is 35.0 Å². The number of anilines is 1. The van der Waals surface area contributed by atoms with Crippen LogP contribution in [0, 0.1) is 11.3 Å². The van der Waals surface area contributed by atoms with Crippen LogP contribution in [0.15, 0.2) is 17.0 Å². The van der Waals surface area contributed by atoms with Crippen LogP contribution in [0.1, 0.15) is 31.5 Å². The minimum absolute atomic E-state index is 0.00124. The number of halogens is 5. The van der Waals surface area contributed by atoms with Crippen LogP contribution in [-0.2, 0) is 6.18 Å². The molecule has 2 aromatic rings. The molecular formula is C15H13Cl2F3N4S. The maximum Gasteiger partial charge on any atom is 0.416 e. The first-order valence-electron chi connectivity index (χ1n) is 7.12. The average Bonchev–Trinajstić information content (AvgIpc) is 2.82. The van der Waals surface area contributed by atoms with Crippen molar-refractivity contribution in [1.82, 2.24) is 9.78 Å². The highest BCUT2D eigenvalue weighted by Crippen LogP contribution is 2.40. The van der Waals surface area contributed by atoms with Crippen molar-refractivity contribution in [3.63, 3.8) is 0 Å². The Morgan fingerprint density at radius 2 is 1.92 bits per heavy atom. The first kappa shape index (κ1) is 19.8. The minimum Gasteiger partial charge on any atom is -0.383 e. The molecule has 0 saturated heterocycles. The van der Waals surface area contributed by atoms with Gasteiger partial charge in [0.2, 0.25) is 0 Å². The lowest BCUT2D eigenvalue weighted by molar-refractivity contribution is -0.137. The standard InChI is InChI=1S/C15H13Cl2F3N4S/c1-3-7(2)25-13-11(6-21)23-24(14(13)22)12-9(16)4-8(5-10(12)17)15(18,19)20/h4-5,7H,3,22H2,1-2H3. The number of nitrogen functional groups attached to an aromatic ring is 1. The Balaban J connectivity index is 2.62. The molecule has 0 aliphatic rings. The van der Waals surface area contributed by atoms with E-state index in [-0.39, 0.29) is 32.5 Å². The number of rotatable bonds is 4. The molecule has 0 aliphatic heterocycles. The van der Waals surface area contributed by atoms with Crippen LogP contribution < -0.4 is 5.73 Å². The molecule has 0 bridgehead atoms. The quantitative estimate of drug-likeness (QED) is 0.673. The molecule has 4 nitrogen and oxygen atoms in total. The van der Waals surface area contributed by atoms with Gasteiger partial charge < -0.3 is 5.73 Å². The predicted octanol–water partition coefficient (Wildman–Crippen LogP) is 5.54. The van der Waals surface area contributed by atoms with Crippen molar-refractivity contribution in [2.24, 2.45) is 0 Å². The molecule has 1 aromatic heterocycles. The second-order valence-electron chi connectivity index (χ2n) is 5.21. The van der Waals surface area contributed by atoms with E-state index in [0.29, 0.717) is 4.90 Å². The van der Waals surface area contributed by atoms with E-state index in [2.05, 4.69) is 5.10 Å². The van der Waals surface area contributed by atoms with Gasteiger partial charge in [-0.25, -0.2) is 4.68 Å². The Morgan fingerprint density at radius 3 is 2.36 bits per heavy atom. The van der Waals surface area contributed by atoms with Gasteiger partial charge in [-0.2, -0.15) is 23.5 Å². The van der Waals surface area contributed by atoms with Crippen molar-refractivity contribution in [2.75, 3.05) is 5.73 Å². The summed E-state index contributed by atoms with van der Waals surface area (Å²) in [4.78, 5) is 0.448. The third-order valence-corrected chi connectivity index (χ3v) is 5.38. The van der Waals surface area contributed by atoms with Gasteiger partial charge in [0.1, 0.15) is 17.6 Å². The van der Waals surface area contributed by atoms with Gasteiger partial charge in [0.05, 0.1) is 20.5 Å². The first-order valence-corrected chi connectivity index (χ1v) is 8.75. The molecule has 10 heteroatoms. The van der Waals surface area contributed by atoms with E-state index in [1.54, 1.807) is 0 Å². The normalized spacial score (nSPS) is 12.9. The number of aromatic nitrogens is 2. The fourth-order valence-electron chi connectivity index (χ4n) is 1.99. The number of nitriles is 1. The van der Waals surface area contributed by atoms with Crippen molar-refractivity contribution < 1.29 is 13.2 Å². The van der Waals surface area contributed by atoms with Gasteiger partial charge in [-0.3, -0.25) is 0 Å². The number of hydrogen-bond donors (Lipinski definition) is 1. The average molecular weight is 409 g/mol. The van der Waals surface area contributed by atoms with Gasteiger partial charge in [0.15, 0.2) is 5.69 Å². The van der Waals surface area contributed by atoms with E-state index in [1.807, 2.05) is 19.9 Å². The number of thioether (sulfide) groups is 1. The van der Waals surface area contributed by atoms with Gasteiger partial charge in [-0.15, -0.1) is 11.8 Å². The summed E-state index contributed by atoms with van der Waals surface area (Å²) in [6.45, 7) is 3.94. The summed E-state index contributed by atoms with van der Waals surface area (Å²) in [5.41, 5.74) is 5.15. The smallest absolute Gasteiger partial charge is 0.383 e. The third-order valence-electron chi connectivity index (χ3n) is 3.43. The second-order valence-corrected chi connectivity index (χ2v) is 7.47. The molecule has 25 heavy (non-hydrogen) atoms. The summed E-state index contributed by atoms with van der Waals surface area (Å²) in [5.74, 6) is 0.102. The highest BCUT2D eigenvalue weighted by Gasteiger charge is 2.33. The van der Waals surface area contributed by atoms with Crippen LogP contribution in [-0.4, -0.2) is 15.0 Å². The third kappa shape index (κ3) is 4.00. The topological polar surface area (TPSA) is 67.6 Å². The Bertz CT molecular complexity index is 820. The van der Waals surface area contributed by atoms with Crippen molar-refractivity contribution >= 4 is 40.8 Å². The van der Waals surface area contributed by atoms with Crippen LogP contribution in [0.4, 0.5) is 19.0 Å². The Labute approximate surface area is 156 Å².